The normalized spacial score (nSPS) is 15.5. The molecule has 1 aliphatic rings. The minimum absolute atomic E-state index is 0.417. The van der Waals surface area contributed by atoms with Gasteiger partial charge >= 0.3 is 35.6 Å². The summed E-state index contributed by atoms with van der Waals surface area (Å²) >= 11 is -0.556. The molecule has 0 amide bonds. The van der Waals surface area contributed by atoms with Gasteiger partial charge in [-0.3, -0.25) is 4.99 Å². The Hall–Kier alpha value is -0.796. The third-order valence-electron chi connectivity index (χ3n) is 5.10. The molecule has 0 aliphatic heterocycles. The minimum atomic E-state index is -0.556. The summed E-state index contributed by atoms with van der Waals surface area (Å²) in [6.45, 7) is 2.05. The standard InChI is InChI=1S/C22H27NO.2ClH.Ti/c1-17-10-7-8-15-21(17)23-16-19-13-9-14-20(22(19)24)18-11-5-3-2-4-6-12-18;;;/h7-10,13-16,18,24H,2-6,11-12H2,1H3;2*1H;/q;;;+2/p-2. The van der Waals surface area contributed by atoms with Gasteiger partial charge in [0.05, 0.1) is 5.69 Å². The molecular weight excluding hydrogens is 413 g/mol. The number of phenols is 1. The number of nitrogens with zero attached hydrogens (tertiary/aromatic N) is 1. The number of benzene rings is 2. The first kappa shape index (κ1) is 22.5. The molecule has 2 nitrogen and oxygen atoms in total. The van der Waals surface area contributed by atoms with E-state index in [1.807, 2.05) is 30.3 Å². The molecule has 144 valence electrons. The van der Waals surface area contributed by atoms with Crippen LogP contribution in [0.15, 0.2) is 47.5 Å². The topological polar surface area (TPSA) is 32.6 Å². The SMILES string of the molecule is Cc1ccccc1N=Cc1cccc(C2CCCCCCC2)c1O.[Cl][Ti][Cl]. The predicted octanol–water partition coefficient (Wildman–Crippen LogP) is 7.66. The Bertz CT molecular complexity index is 728. The first-order valence-corrected chi connectivity index (χ1v) is 13.8. The molecule has 0 atom stereocenters. The molecular formula is C22H27Cl2NOTi. The van der Waals surface area contributed by atoms with Gasteiger partial charge in [0.25, 0.3) is 0 Å². The molecule has 1 saturated carbocycles. The monoisotopic (exact) mass is 439 g/mol. The van der Waals surface area contributed by atoms with E-state index in [4.69, 9.17) is 18.6 Å². The molecule has 0 saturated heterocycles. The third kappa shape index (κ3) is 7.27. The van der Waals surface area contributed by atoms with Crippen molar-refractivity contribution in [3.63, 3.8) is 0 Å². The Morgan fingerprint density at radius 2 is 1.59 bits per heavy atom. The number of aliphatic imine (C=N–C) groups is 1. The Kier molecular flexibility index (Phi) is 10.5. The average Bonchev–Trinajstić information content (AvgIpc) is 2.63. The summed E-state index contributed by atoms with van der Waals surface area (Å²) in [6.07, 6.45) is 10.7. The Balaban J connectivity index is 0.000000817. The van der Waals surface area contributed by atoms with E-state index in [2.05, 4.69) is 24.0 Å². The van der Waals surface area contributed by atoms with Gasteiger partial charge in [-0.2, -0.15) is 0 Å². The van der Waals surface area contributed by atoms with Gasteiger partial charge in [0.15, 0.2) is 0 Å². The second kappa shape index (κ2) is 12.6. The van der Waals surface area contributed by atoms with Crippen LogP contribution in [0.4, 0.5) is 5.69 Å². The van der Waals surface area contributed by atoms with Crippen LogP contribution in [-0.2, 0) is 17.0 Å². The first-order chi connectivity index (χ1) is 13.2. The van der Waals surface area contributed by atoms with Gasteiger partial charge in [-0.15, -0.1) is 0 Å². The second-order valence-corrected chi connectivity index (χ2v) is 9.52. The van der Waals surface area contributed by atoms with Gasteiger partial charge < -0.3 is 5.11 Å². The number of phenolic OH excluding ortho intramolecular Hbond substituents is 1. The van der Waals surface area contributed by atoms with Gasteiger partial charge in [0.2, 0.25) is 0 Å². The molecule has 2 aromatic carbocycles. The first-order valence-electron chi connectivity index (χ1n) is 9.55. The Labute approximate surface area is 179 Å². The number of rotatable bonds is 3. The van der Waals surface area contributed by atoms with Gasteiger partial charge in [-0.1, -0.05) is 62.4 Å². The average molecular weight is 440 g/mol. The van der Waals surface area contributed by atoms with Crippen LogP contribution in [0, 0.1) is 6.92 Å². The van der Waals surface area contributed by atoms with Crippen LogP contribution in [0.1, 0.15) is 67.6 Å². The van der Waals surface area contributed by atoms with E-state index in [0.717, 1.165) is 22.4 Å². The summed E-state index contributed by atoms with van der Waals surface area (Å²) < 4.78 is 0. The molecule has 1 fully saturated rings. The molecule has 0 spiro atoms. The van der Waals surface area contributed by atoms with Crippen molar-refractivity contribution in [2.45, 2.75) is 57.8 Å². The Morgan fingerprint density at radius 1 is 0.963 bits per heavy atom. The number of aromatic hydroxyl groups is 1. The number of para-hydroxylation sites is 2. The van der Waals surface area contributed by atoms with Crippen molar-refractivity contribution in [1.29, 1.82) is 0 Å². The van der Waals surface area contributed by atoms with E-state index in [-0.39, 0.29) is 0 Å². The van der Waals surface area contributed by atoms with E-state index >= 15 is 0 Å². The molecule has 2 aromatic rings. The fraction of sp³-hybridized carbons (Fsp3) is 0.409. The van der Waals surface area contributed by atoms with Crippen molar-refractivity contribution in [2.75, 3.05) is 0 Å². The zero-order chi connectivity index (χ0) is 19.5. The predicted molar refractivity (Wildman–Crippen MR) is 113 cm³/mol. The molecule has 1 aliphatic carbocycles. The van der Waals surface area contributed by atoms with Crippen molar-refractivity contribution in [2.24, 2.45) is 4.99 Å². The van der Waals surface area contributed by atoms with Crippen LogP contribution in [0.25, 0.3) is 0 Å². The fourth-order valence-electron chi connectivity index (χ4n) is 3.63. The molecule has 27 heavy (non-hydrogen) atoms. The zero-order valence-electron chi connectivity index (χ0n) is 15.8. The van der Waals surface area contributed by atoms with Crippen LogP contribution in [0.5, 0.6) is 5.75 Å². The Morgan fingerprint density at radius 3 is 2.26 bits per heavy atom. The van der Waals surface area contributed by atoms with Crippen molar-refractivity contribution in [3.05, 3.63) is 59.2 Å². The van der Waals surface area contributed by atoms with Crippen LogP contribution < -0.4 is 0 Å². The second-order valence-electron chi connectivity index (χ2n) is 6.94. The summed E-state index contributed by atoms with van der Waals surface area (Å²) in [6, 6.07) is 14.1. The molecule has 0 radical (unpaired) electrons. The molecule has 1 N–H and O–H groups in total. The number of hydrogen-bond acceptors (Lipinski definition) is 2. The van der Waals surface area contributed by atoms with Gasteiger partial charge in [0, 0.05) is 11.8 Å². The van der Waals surface area contributed by atoms with Crippen molar-refractivity contribution in [3.8, 4) is 5.75 Å². The van der Waals surface area contributed by atoms with Gasteiger partial charge in [0.1, 0.15) is 5.75 Å². The number of hydrogen-bond donors (Lipinski definition) is 1. The van der Waals surface area contributed by atoms with E-state index in [1.165, 1.54) is 44.9 Å². The van der Waals surface area contributed by atoms with E-state index in [9.17, 15) is 5.11 Å². The summed E-state index contributed by atoms with van der Waals surface area (Å²) in [5.41, 5.74) is 4.01. The quantitative estimate of drug-likeness (QED) is 0.386. The third-order valence-corrected chi connectivity index (χ3v) is 5.10. The van der Waals surface area contributed by atoms with Crippen LogP contribution in [0.2, 0.25) is 0 Å². The van der Waals surface area contributed by atoms with Crippen molar-refractivity contribution in [1.82, 2.24) is 0 Å². The fourth-order valence-corrected chi connectivity index (χ4v) is 3.63. The van der Waals surface area contributed by atoms with Crippen molar-refractivity contribution < 1.29 is 22.1 Å². The van der Waals surface area contributed by atoms with Gasteiger partial charge in [-0.05, 0) is 48.9 Å². The van der Waals surface area contributed by atoms with Crippen LogP contribution in [0.3, 0.4) is 0 Å². The van der Waals surface area contributed by atoms with Crippen LogP contribution >= 0.6 is 18.6 Å². The van der Waals surface area contributed by atoms with E-state index in [0.29, 0.717) is 11.7 Å². The molecule has 3 rings (SSSR count). The van der Waals surface area contributed by atoms with E-state index < -0.39 is 17.0 Å². The van der Waals surface area contributed by atoms with Gasteiger partial charge in [-0.25, -0.2) is 0 Å². The molecule has 0 bridgehead atoms. The summed E-state index contributed by atoms with van der Waals surface area (Å²) in [7, 11) is 9.78. The summed E-state index contributed by atoms with van der Waals surface area (Å²) in [5, 5.41) is 10.8. The number of aryl methyl sites for hydroxylation is 1. The van der Waals surface area contributed by atoms with Crippen LogP contribution in [-0.4, -0.2) is 11.3 Å². The molecule has 0 heterocycles. The van der Waals surface area contributed by atoms with Crippen molar-refractivity contribution >= 4 is 30.5 Å². The molecule has 0 unspecified atom stereocenters. The summed E-state index contributed by atoms with van der Waals surface area (Å²) in [4.78, 5) is 4.57. The van der Waals surface area contributed by atoms with E-state index in [1.54, 1.807) is 6.21 Å². The molecule has 5 heteroatoms. The number of halogens is 2. The zero-order valence-corrected chi connectivity index (χ0v) is 18.9. The maximum atomic E-state index is 10.8. The maximum absolute atomic E-state index is 10.8. The summed E-state index contributed by atoms with van der Waals surface area (Å²) in [5.74, 6) is 0.900. The molecule has 0 aromatic heterocycles.